The van der Waals surface area contributed by atoms with Crippen molar-refractivity contribution in [2.75, 3.05) is 36.4 Å². The van der Waals surface area contributed by atoms with Crippen molar-refractivity contribution < 1.29 is 4.39 Å². The van der Waals surface area contributed by atoms with Crippen LogP contribution in [-0.2, 0) is 0 Å². The summed E-state index contributed by atoms with van der Waals surface area (Å²) >= 11 is 5.49. The molecule has 1 fully saturated rings. The van der Waals surface area contributed by atoms with Crippen molar-refractivity contribution in [2.24, 2.45) is 0 Å². The van der Waals surface area contributed by atoms with Gasteiger partial charge in [0.05, 0.1) is 0 Å². The van der Waals surface area contributed by atoms with Crippen LogP contribution >= 0.6 is 12.2 Å². The van der Waals surface area contributed by atoms with Crippen molar-refractivity contribution in [3.8, 4) is 0 Å². The molecule has 3 rings (SSSR count). The van der Waals surface area contributed by atoms with Crippen LogP contribution in [0.5, 0.6) is 0 Å². The second-order valence-electron chi connectivity index (χ2n) is 6.20. The summed E-state index contributed by atoms with van der Waals surface area (Å²) in [5, 5.41) is 3.88. The van der Waals surface area contributed by atoms with E-state index in [0.29, 0.717) is 5.11 Å². The van der Waals surface area contributed by atoms with Gasteiger partial charge in [-0.2, -0.15) is 0 Å². The average Bonchev–Trinajstić information content (AvgIpc) is 2.59. The van der Waals surface area contributed by atoms with Gasteiger partial charge in [-0.1, -0.05) is 12.1 Å². The van der Waals surface area contributed by atoms with E-state index in [1.165, 1.54) is 28.9 Å². The topological polar surface area (TPSA) is 18.5 Å². The number of piperazine rings is 1. The molecule has 0 saturated carbocycles. The molecule has 0 atom stereocenters. The first kappa shape index (κ1) is 16.7. The van der Waals surface area contributed by atoms with Crippen LogP contribution in [0.4, 0.5) is 15.8 Å². The van der Waals surface area contributed by atoms with Crippen LogP contribution in [0.15, 0.2) is 42.5 Å². The maximum atomic E-state index is 13.0. The van der Waals surface area contributed by atoms with E-state index in [9.17, 15) is 4.39 Å². The molecule has 0 aliphatic carbocycles. The Morgan fingerprint density at radius 3 is 2.33 bits per heavy atom. The predicted molar refractivity (Wildman–Crippen MR) is 102 cm³/mol. The van der Waals surface area contributed by atoms with Crippen molar-refractivity contribution in [3.05, 3.63) is 59.4 Å². The molecule has 1 saturated heterocycles. The summed E-state index contributed by atoms with van der Waals surface area (Å²) in [7, 11) is 0. The van der Waals surface area contributed by atoms with E-state index in [0.717, 1.165) is 31.9 Å². The monoisotopic (exact) mass is 343 g/mol. The molecule has 1 N–H and O–H groups in total. The number of rotatable bonds is 2. The van der Waals surface area contributed by atoms with Crippen LogP contribution in [0.2, 0.25) is 0 Å². The zero-order valence-corrected chi connectivity index (χ0v) is 14.9. The number of aryl methyl sites for hydroxylation is 2. The lowest BCUT2D eigenvalue weighted by atomic mass is 10.1. The maximum absolute atomic E-state index is 13.0. The zero-order chi connectivity index (χ0) is 17.1. The zero-order valence-electron chi connectivity index (χ0n) is 14.1. The quantitative estimate of drug-likeness (QED) is 0.832. The molecule has 0 unspecified atom stereocenters. The number of benzene rings is 2. The third-order valence-electron chi connectivity index (χ3n) is 4.37. The fraction of sp³-hybridized carbons (Fsp3) is 0.316. The van der Waals surface area contributed by atoms with Gasteiger partial charge >= 0.3 is 0 Å². The summed E-state index contributed by atoms with van der Waals surface area (Å²) in [5.74, 6) is -0.242. The van der Waals surface area contributed by atoms with Crippen LogP contribution in [-0.4, -0.2) is 36.2 Å². The highest BCUT2D eigenvalue weighted by atomic mass is 32.1. The Hall–Kier alpha value is -2.14. The van der Waals surface area contributed by atoms with Gasteiger partial charge in [-0.3, -0.25) is 0 Å². The maximum Gasteiger partial charge on any atom is 0.173 e. The highest BCUT2D eigenvalue weighted by Crippen LogP contribution is 2.23. The van der Waals surface area contributed by atoms with Crippen LogP contribution in [0.25, 0.3) is 0 Å². The molecule has 2 aromatic rings. The standard InChI is InChI=1S/C19H22FN3S/c1-14-3-4-15(2)18(13-14)22-9-11-23(12-10-22)19(24)21-17-7-5-16(20)6-8-17/h3-8,13H,9-12H2,1-2H3,(H,21,24). The minimum atomic E-state index is -0.242. The number of nitrogens with one attached hydrogen (secondary N) is 1. The summed E-state index contributed by atoms with van der Waals surface area (Å²) in [6.07, 6.45) is 0. The molecule has 0 radical (unpaired) electrons. The smallest absolute Gasteiger partial charge is 0.173 e. The number of nitrogens with zero attached hydrogens (tertiary/aromatic N) is 2. The Labute approximate surface area is 148 Å². The first-order valence-electron chi connectivity index (χ1n) is 8.16. The summed E-state index contributed by atoms with van der Waals surface area (Å²) < 4.78 is 13.0. The number of thiocarbonyl (C=S) groups is 1. The third kappa shape index (κ3) is 3.85. The van der Waals surface area contributed by atoms with Gasteiger partial charge in [0.2, 0.25) is 0 Å². The van der Waals surface area contributed by atoms with Gasteiger partial charge < -0.3 is 15.1 Å². The molecule has 5 heteroatoms. The highest BCUT2D eigenvalue weighted by Gasteiger charge is 2.20. The lowest BCUT2D eigenvalue weighted by molar-refractivity contribution is 0.390. The number of anilines is 2. The van der Waals surface area contributed by atoms with Crippen molar-refractivity contribution in [1.29, 1.82) is 0 Å². The molecule has 3 nitrogen and oxygen atoms in total. The first-order valence-corrected chi connectivity index (χ1v) is 8.57. The molecule has 0 bridgehead atoms. The van der Waals surface area contributed by atoms with Crippen molar-refractivity contribution in [2.45, 2.75) is 13.8 Å². The molecule has 2 aromatic carbocycles. The second-order valence-corrected chi connectivity index (χ2v) is 6.59. The Kier molecular flexibility index (Phi) is 5.00. The Balaban J connectivity index is 1.59. The highest BCUT2D eigenvalue weighted by molar-refractivity contribution is 7.80. The van der Waals surface area contributed by atoms with Crippen molar-refractivity contribution >= 4 is 28.7 Å². The van der Waals surface area contributed by atoms with Gasteiger partial charge in [-0.25, -0.2) is 4.39 Å². The van der Waals surface area contributed by atoms with Gasteiger partial charge in [0.25, 0.3) is 0 Å². The predicted octanol–water partition coefficient (Wildman–Crippen LogP) is 3.96. The summed E-state index contributed by atoms with van der Waals surface area (Å²) in [5.41, 5.74) is 4.72. The molecule has 24 heavy (non-hydrogen) atoms. The van der Waals surface area contributed by atoms with E-state index in [1.54, 1.807) is 12.1 Å². The summed E-state index contributed by atoms with van der Waals surface area (Å²) in [6, 6.07) is 12.9. The van der Waals surface area contributed by atoms with Gasteiger partial charge in [0.15, 0.2) is 5.11 Å². The van der Waals surface area contributed by atoms with E-state index >= 15 is 0 Å². The van der Waals surface area contributed by atoms with Crippen LogP contribution in [0, 0.1) is 19.7 Å². The van der Waals surface area contributed by atoms with Gasteiger partial charge in [0.1, 0.15) is 5.82 Å². The molecule has 0 spiro atoms. The number of hydrogen-bond donors (Lipinski definition) is 1. The molecule has 0 aromatic heterocycles. The van der Waals surface area contributed by atoms with Gasteiger partial charge in [-0.15, -0.1) is 0 Å². The molecule has 126 valence electrons. The fourth-order valence-corrected chi connectivity index (χ4v) is 3.25. The number of halogens is 1. The largest absolute Gasteiger partial charge is 0.368 e. The Morgan fingerprint density at radius 1 is 1.00 bits per heavy atom. The van der Waals surface area contributed by atoms with Crippen molar-refractivity contribution in [1.82, 2.24) is 4.90 Å². The summed E-state index contributed by atoms with van der Waals surface area (Å²) in [6.45, 7) is 7.91. The molecular weight excluding hydrogens is 321 g/mol. The SMILES string of the molecule is Cc1ccc(C)c(N2CCN(C(=S)Nc3ccc(F)cc3)CC2)c1. The van der Waals surface area contributed by atoms with Crippen LogP contribution in [0.3, 0.4) is 0 Å². The molecule has 1 heterocycles. The van der Waals surface area contributed by atoms with Crippen LogP contribution < -0.4 is 10.2 Å². The third-order valence-corrected chi connectivity index (χ3v) is 4.73. The molecule has 0 amide bonds. The summed E-state index contributed by atoms with van der Waals surface area (Å²) in [4.78, 5) is 4.58. The Morgan fingerprint density at radius 2 is 1.67 bits per heavy atom. The fourth-order valence-electron chi connectivity index (χ4n) is 2.95. The minimum Gasteiger partial charge on any atom is -0.368 e. The van der Waals surface area contributed by atoms with E-state index < -0.39 is 0 Å². The Bertz CT molecular complexity index is 722. The normalized spacial score (nSPS) is 14.6. The van der Waals surface area contributed by atoms with Crippen LogP contribution in [0.1, 0.15) is 11.1 Å². The van der Waals surface area contributed by atoms with E-state index in [2.05, 4.69) is 47.2 Å². The molecule has 1 aliphatic rings. The van der Waals surface area contributed by atoms with E-state index in [-0.39, 0.29) is 5.82 Å². The van der Waals surface area contributed by atoms with Gasteiger partial charge in [-0.05, 0) is 67.5 Å². The van der Waals surface area contributed by atoms with Gasteiger partial charge in [0, 0.05) is 37.6 Å². The minimum absolute atomic E-state index is 0.242. The number of hydrogen-bond acceptors (Lipinski definition) is 2. The first-order chi connectivity index (χ1) is 11.5. The van der Waals surface area contributed by atoms with E-state index in [4.69, 9.17) is 12.2 Å². The second kappa shape index (κ2) is 7.18. The van der Waals surface area contributed by atoms with E-state index in [1.807, 2.05) is 0 Å². The molecular formula is C19H22FN3S. The lowest BCUT2D eigenvalue weighted by Gasteiger charge is -2.38. The van der Waals surface area contributed by atoms with Crippen molar-refractivity contribution in [3.63, 3.8) is 0 Å². The average molecular weight is 343 g/mol. The lowest BCUT2D eigenvalue weighted by Crippen LogP contribution is -2.50. The molecule has 1 aliphatic heterocycles.